The lowest BCUT2D eigenvalue weighted by Crippen LogP contribution is -2.47. The second kappa shape index (κ2) is 11.7. The summed E-state index contributed by atoms with van der Waals surface area (Å²) in [4.78, 5) is 20.7. The van der Waals surface area contributed by atoms with E-state index in [-0.39, 0.29) is 30.7 Å². The van der Waals surface area contributed by atoms with Crippen molar-refractivity contribution in [2.24, 2.45) is 0 Å². The molecule has 2 heterocycles. The number of aromatic nitrogens is 1. The molecule has 1 amide bonds. The van der Waals surface area contributed by atoms with Crippen LogP contribution in [0.15, 0.2) is 24.4 Å². The minimum atomic E-state index is 0. The Morgan fingerprint density at radius 1 is 1.32 bits per heavy atom. The van der Waals surface area contributed by atoms with Crippen LogP contribution in [0.1, 0.15) is 19.0 Å². The summed E-state index contributed by atoms with van der Waals surface area (Å²) < 4.78 is 0. The Morgan fingerprint density at radius 3 is 2.64 bits per heavy atom. The number of hydrogen-bond acceptors (Lipinski definition) is 4. The van der Waals surface area contributed by atoms with Crippen LogP contribution in [0.2, 0.25) is 0 Å². The highest BCUT2D eigenvalue weighted by Crippen LogP contribution is 2.04. The van der Waals surface area contributed by atoms with E-state index in [9.17, 15) is 4.79 Å². The molecule has 0 unspecified atom stereocenters. The maximum atomic E-state index is 12.1. The van der Waals surface area contributed by atoms with Crippen LogP contribution in [0.3, 0.4) is 0 Å². The number of nitrogens with one attached hydrogen (secondary N) is 1. The third-order valence-corrected chi connectivity index (χ3v) is 3.67. The molecule has 1 N–H and O–H groups in total. The molecular weight excluding hydrogens is 323 g/mol. The molecule has 7 heteroatoms. The average molecular weight is 349 g/mol. The lowest BCUT2D eigenvalue weighted by atomic mass is 10.2. The van der Waals surface area contributed by atoms with Gasteiger partial charge < -0.3 is 10.2 Å². The molecule has 1 fully saturated rings. The molecule has 0 saturated carbocycles. The average Bonchev–Trinajstić information content (AvgIpc) is 2.53. The SMILES string of the molecule is CCN(CCC(=O)N1CCNCC1)Cc1ccccn1.Cl.Cl. The van der Waals surface area contributed by atoms with Gasteiger partial charge in [0.25, 0.3) is 0 Å². The standard InChI is InChI=1S/C15H24N4O.2ClH/c1-2-18(13-14-5-3-4-7-17-14)10-6-15(20)19-11-8-16-9-12-19;;/h3-5,7,16H,2,6,8-13H2,1H3;2*1H. The summed E-state index contributed by atoms with van der Waals surface area (Å²) in [6.45, 7) is 8.18. The Hall–Kier alpha value is -0.880. The van der Waals surface area contributed by atoms with E-state index in [2.05, 4.69) is 22.1 Å². The number of hydrogen-bond donors (Lipinski definition) is 1. The van der Waals surface area contributed by atoms with Gasteiger partial charge in [0, 0.05) is 51.9 Å². The third kappa shape index (κ3) is 6.92. The van der Waals surface area contributed by atoms with E-state index in [0.29, 0.717) is 6.42 Å². The fourth-order valence-corrected chi connectivity index (χ4v) is 2.40. The normalized spacial score (nSPS) is 14.2. The van der Waals surface area contributed by atoms with Crippen molar-refractivity contribution in [1.29, 1.82) is 0 Å². The topological polar surface area (TPSA) is 48.5 Å². The Kier molecular flexibility index (Phi) is 11.2. The Morgan fingerprint density at radius 2 is 2.05 bits per heavy atom. The molecule has 1 aromatic heterocycles. The Balaban J connectivity index is 0.00000220. The van der Waals surface area contributed by atoms with Crippen molar-refractivity contribution < 1.29 is 4.79 Å². The van der Waals surface area contributed by atoms with Crippen LogP contribution in [0.25, 0.3) is 0 Å². The first-order chi connectivity index (χ1) is 9.79. The molecule has 1 saturated heterocycles. The number of piperazine rings is 1. The number of carbonyl (C=O) groups is 1. The number of halogens is 2. The first-order valence-corrected chi connectivity index (χ1v) is 7.40. The first-order valence-electron chi connectivity index (χ1n) is 7.40. The molecule has 0 aromatic carbocycles. The highest BCUT2D eigenvalue weighted by atomic mass is 35.5. The minimum Gasteiger partial charge on any atom is -0.340 e. The van der Waals surface area contributed by atoms with Gasteiger partial charge in [-0.1, -0.05) is 13.0 Å². The molecule has 1 aromatic rings. The minimum absolute atomic E-state index is 0. The smallest absolute Gasteiger partial charge is 0.223 e. The Bertz CT molecular complexity index is 413. The van der Waals surface area contributed by atoms with E-state index in [0.717, 1.165) is 51.5 Å². The van der Waals surface area contributed by atoms with E-state index in [1.807, 2.05) is 29.3 Å². The van der Waals surface area contributed by atoms with Gasteiger partial charge in [0.1, 0.15) is 0 Å². The predicted octanol–water partition coefficient (Wildman–Crippen LogP) is 1.57. The van der Waals surface area contributed by atoms with E-state index < -0.39 is 0 Å². The summed E-state index contributed by atoms with van der Waals surface area (Å²) in [6.07, 6.45) is 2.41. The number of amides is 1. The fraction of sp³-hybridized carbons (Fsp3) is 0.600. The molecule has 2 rings (SSSR count). The summed E-state index contributed by atoms with van der Waals surface area (Å²) in [5, 5.41) is 3.27. The van der Waals surface area contributed by atoms with Crippen LogP contribution in [-0.4, -0.2) is 60.0 Å². The Labute approximate surface area is 145 Å². The third-order valence-electron chi connectivity index (χ3n) is 3.67. The van der Waals surface area contributed by atoms with Crippen molar-refractivity contribution in [3.8, 4) is 0 Å². The summed E-state index contributed by atoms with van der Waals surface area (Å²) >= 11 is 0. The number of carbonyl (C=O) groups excluding carboxylic acids is 1. The van der Waals surface area contributed by atoms with Gasteiger partial charge in [-0.3, -0.25) is 14.7 Å². The van der Waals surface area contributed by atoms with Crippen LogP contribution in [-0.2, 0) is 11.3 Å². The molecule has 0 bridgehead atoms. The van der Waals surface area contributed by atoms with Gasteiger partial charge in [0.05, 0.1) is 5.69 Å². The van der Waals surface area contributed by atoms with Crippen LogP contribution < -0.4 is 5.32 Å². The van der Waals surface area contributed by atoms with Crippen molar-refractivity contribution >= 4 is 30.7 Å². The second-order valence-electron chi connectivity index (χ2n) is 5.07. The van der Waals surface area contributed by atoms with Crippen LogP contribution in [0, 0.1) is 0 Å². The fourth-order valence-electron chi connectivity index (χ4n) is 2.40. The molecule has 126 valence electrons. The van der Waals surface area contributed by atoms with E-state index in [4.69, 9.17) is 0 Å². The summed E-state index contributed by atoms with van der Waals surface area (Å²) in [5.41, 5.74) is 1.06. The van der Waals surface area contributed by atoms with E-state index in [1.54, 1.807) is 0 Å². The highest BCUT2D eigenvalue weighted by molar-refractivity contribution is 5.85. The molecule has 1 aliphatic heterocycles. The monoisotopic (exact) mass is 348 g/mol. The first kappa shape index (κ1) is 21.1. The van der Waals surface area contributed by atoms with Gasteiger partial charge >= 0.3 is 0 Å². The van der Waals surface area contributed by atoms with Gasteiger partial charge in [-0.05, 0) is 18.7 Å². The van der Waals surface area contributed by atoms with Crippen molar-refractivity contribution in [2.75, 3.05) is 39.3 Å². The predicted molar refractivity (Wildman–Crippen MR) is 93.8 cm³/mol. The zero-order valence-corrected chi connectivity index (χ0v) is 14.7. The molecule has 0 radical (unpaired) electrons. The van der Waals surface area contributed by atoms with Gasteiger partial charge in [0.15, 0.2) is 0 Å². The zero-order valence-electron chi connectivity index (χ0n) is 13.0. The molecule has 1 aliphatic rings. The van der Waals surface area contributed by atoms with Gasteiger partial charge in [-0.25, -0.2) is 0 Å². The lowest BCUT2D eigenvalue weighted by molar-refractivity contribution is -0.132. The van der Waals surface area contributed by atoms with Crippen molar-refractivity contribution in [3.63, 3.8) is 0 Å². The molecule has 0 spiro atoms. The molecule has 0 atom stereocenters. The number of pyridine rings is 1. The van der Waals surface area contributed by atoms with Crippen LogP contribution in [0.4, 0.5) is 0 Å². The van der Waals surface area contributed by atoms with Crippen molar-refractivity contribution in [1.82, 2.24) is 20.1 Å². The van der Waals surface area contributed by atoms with E-state index >= 15 is 0 Å². The number of nitrogens with zero attached hydrogens (tertiary/aromatic N) is 3. The lowest BCUT2D eigenvalue weighted by Gasteiger charge is -2.28. The maximum absolute atomic E-state index is 12.1. The largest absolute Gasteiger partial charge is 0.340 e. The summed E-state index contributed by atoms with van der Waals surface area (Å²) in [5.74, 6) is 0.269. The van der Waals surface area contributed by atoms with Crippen molar-refractivity contribution in [2.45, 2.75) is 19.9 Å². The second-order valence-corrected chi connectivity index (χ2v) is 5.07. The molecule has 0 aliphatic carbocycles. The quantitative estimate of drug-likeness (QED) is 0.847. The van der Waals surface area contributed by atoms with Gasteiger partial charge in [-0.2, -0.15) is 0 Å². The molecule has 5 nitrogen and oxygen atoms in total. The van der Waals surface area contributed by atoms with Crippen LogP contribution in [0.5, 0.6) is 0 Å². The maximum Gasteiger partial charge on any atom is 0.223 e. The van der Waals surface area contributed by atoms with Crippen LogP contribution >= 0.6 is 24.8 Å². The van der Waals surface area contributed by atoms with Crippen molar-refractivity contribution in [3.05, 3.63) is 30.1 Å². The van der Waals surface area contributed by atoms with E-state index in [1.165, 1.54) is 0 Å². The number of rotatable bonds is 6. The van der Waals surface area contributed by atoms with Gasteiger partial charge in [-0.15, -0.1) is 24.8 Å². The van der Waals surface area contributed by atoms with Gasteiger partial charge in [0.2, 0.25) is 5.91 Å². The molecule has 22 heavy (non-hydrogen) atoms. The zero-order chi connectivity index (χ0) is 14.2. The molecular formula is C15H26Cl2N4O. The summed E-state index contributed by atoms with van der Waals surface area (Å²) in [6, 6.07) is 5.95. The highest BCUT2D eigenvalue weighted by Gasteiger charge is 2.16. The summed E-state index contributed by atoms with van der Waals surface area (Å²) in [7, 11) is 0.